The first kappa shape index (κ1) is 12.8. The molecule has 0 saturated heterocycles. The molecule has 0 radical (unpaired) electrons. The number of benzene rings is 1. The van der Waals surface area contributed by atoms with Crippen LogP contribution >= 0.6 is 0 Å². The fraction of sp³-hybridized carbons (Fsp3) is 0.308. The monoisotopic (exact) mass is 265 g/mol. The van der Waals surface area contributed by atoms with Gasteiger partial charge >= 0.3 is 0 Å². The van der Waals surface area contributed by atoms with Gasteiger partial charge in [-0.15, -0.1) is 0 Å². The lowest BCUT2D eigenvalue weighted by molar-refractivity contribution is 0.388. The maximum atomic E-state index is 12.0. The maximum Gasteiger partial charge on any atom is 0.161 e. The molecule has 0 saturated carbocycles. The second-order valence-electron chi connectivity index (χ2n) is 4.46. The van der Waals surface area contributed by atoms with Crippen LogP contribution in [-0.2, 0) is 21.3 Å². The highest BCUT2D eigenvalue weighted by atomic mass is 32.2. The molecule has 1 heterocycles. The molecule has 2 aromatic rings. The van der Waals surface area contributed by atoms with Crippen LogP contribution in [0.1, 0.15) is 22.6 Å². The number of aryl methyl sites for hydroxylation is 2. The Morgan fingerprint density at radius 1 is 1.17 bits per heavy atom. The first-order valence-electron chi connectivity index (χ1n) is 5.63. The zero-order chi connectivity index (χ0) is 13.2. The number of nitrogens with zero attached hydrogens (tertiary/aromatic N) is 1. The van der Waals surface area contributed by atoms with Crippen molar-refractivity contribution in [2.45, 2.75) is 25.4 Å². The Kier molecular flexibility index (Phi) is 3.52. The Morgan fingerprint density at radius 3 is 2.56 bits per heavy atom. The molecule has 0 fully saturated rings. The molecular formula is C13H15NO3S. The summed E-state index contributed by atoms with van der Waals surface area (Å²) in [6, 6.07) is 9.14. The van der Waals surface area contributed by atoms with Crippen molar-refractivity contribution in [2.75, 3.05) is 0 Å². The molecule has 0 amide bonds. The van der Waals surface area contributed by atoms with E-state index in [1.807, 2.05) is 31.2 Å². The number of sulfone groups is 1. The Bertz CT molecular complexity index is 644. The third kappa shape index (κ3) is 3.43. The smallest absolute Gasteiger partial charge is 0.161 e. The van der Waals surface area contributed by atoms with E-state index >= 15 is 0 Å². The van der Waals surface area contributed by atoms with E-state index in [4.69, 9.17) is 4.52 Å². The number of hydrogen-bond acceptors (Lipinski definition) is 4. The second kappa shape index (κ2) is 4.94. The van der Waals surface area contributed by atoms with Gasteiger partial charge in [0.05, 0.1) is 11.4 Å². The second-order valence-corrected chi connectivity index (χ2v) is 6.52. The lowest BCUT2D eigenvalue weighted by Crippen LogP contribution is -2.07. The Hall–Kier alpha value is -1.62. The van der Waals surface area contributed by atoms with Gasteiger partial charge in [-0.2, -0.15) is 0 Å². The van der Waals surface area contributed by atoms with Gasteiger partial charge in [0, 0.05) is 6.07 Å². The first-order valence-corrected chi connectivity index (χ1v) is 7.45. The van der Waals surface area contributed by atoms with Gasteiger partial charge in [0.1, 0.15) is 5.75 Å². The average molecular weight is 265 g/mol. The third-order valence-electron chi connectivity index (χ3n) is 2.51. The first-order chi connectivity index (χ1) is 8.44. The zero-order valence-electron chi connectivity index (χ0n) is 10.4. The highest BCUT2D eigenvalue weighted by Crippen LogP contribution is 2.14. The van der Waals surface area contributed by atoms with Crippen molar-refractivity contribution >= 4 is 9.84 Å². The van der Waals surface area contributed by atoms with Crippen LogP contribution in [0.3, 0.4) is 0 Å². The molecule has 0 aliphatic rings. The van der Waals surface area contributed by atoms with Crippen LogP contribution < -0.4 is 0 Å². The summed E-state index contributed by atoms with van der Waals surface area (Å²) < 4.78 is 28.9. The predicted octanol–water partition coefficient (Wildman–Crippen LogP) is 2.41. The Balaban J connectivity index is 2.12. The van der Waals surface area contributed by atoms with Crippen LogP contribution in [-0.4, -0.2) is 13.6 Å². The van der Waals surface area contributed by atoms with Gasteiger partial charge < -0.3 is 4.52 Å². The molecule has 0 atom stereocenters. The lowest BCUT2D eigenvalue weighted by Gasteiger charge is -2.03. The number of hydrogen-bond donors (Lipinski definition) is 0. The largest absolute Gasteiger partial charge is 0.360 e. The molecular weight excluding hydrogens is 250 g/mol. The highest BCUT2D eigenvalue weighted by Gasteiger charge is 2.16. The van der Waals surface area contributed by atoms with Gasteiger partial charge in [0.2, 0.25) is 0 Å². The molecule has 96 valence electrons. The van der Waals surface area contributed by atoms with Gasteiger partial charge in [-0.1, -0.05) is 35.0 Å². The molecule has 0 spiro atoms. The summed E-state index contributed by atoms with van der Waals surface area (Å²) in [6.07, 6.45) is 0. The summed E-state index contributed by atoms with van der Waals surface area (Å²) in [7, 11) is -3.22. The molecule has 2 rings (SSSR count). The highest BCUT2D eigenvalue weighted by molar-refractivity contribution is 7.89. The van der Waals surface area contributed by atoms with Crippen molar-refractivity contribution in [3.8, 4) is 0 Å². The van der Waals surface area contributed by atoms with Crippen LogP contribution in [0.25, 0.3) is 0 Å². The van der Waals surface area contributed by atoms with Crippen molar-refractivity contribution in [1.29, 1.82) is 0 Å². The van der Waals surface area contributed by atoms with Crippen molar-refractivity contribution < 1.29 is 12.9 Å². The molecule has 4 nitrogen and oxygen atoms in total. The van der Waals surface area contributed by atoms with Gasteiger partial charge in [-0.3, -0.25) is 0 Å². The number of rotatable bonds is 4. The van der Waals surface area contributed by atoms with E-state index in [-0.39, 0.29) is 11.5 Å². The van der Waals surface area contributed by atoms with E-state index in [2.05, 4.69) is 5.16 Å². The van der Waals surface area contributed by atoms with Crippen molar-refractivity contribution in [2.24, 2.45) is 0 Å². The zero-order valence-corrected chi connectivity index (χ0v) is 11.2. The van der Waals surface area contributed by atoms with Crippen LogP contribution in [0, 0.1) is 13.8 Å². The summed E-state index contributed by atoms with van der Waals surface area (Å²) in [5, 5.41) is 3.68. The Labute approximate surface area is 107 Å². The van der Waals surface area contributed by atoms with Gasteiger partial charge in [0.15, 0.2) is 15.6 Å². The van der Waals surface area contributed by atoms with E-state index in [0.717, 1.165) is 11.1 Å². The summed E-state index contributed by atoms with van der Waals surface area (Å²) >= 11 is 0. The summed E-state index contributed by atoms with van der Waals surface area (Å²) in [5.41, 5.74) is 2.54. The summed E-state index contributed by atoms with van der Waals surface area (Å²) in [4.78, 5) is 0. The van der Waals surface area contributed by atoms with E-state index in [1.54, 1.807) is 13.0 Å². The number of aromatic nitrogens is 1. The minimum absolute atomic E-state index is 0.0222. The van der Waals surface area contributed by atoms with Gasteiger partial charge in [-0.05, 0) is 19.4 Å². The van der Waals surface area contributed by atoms with E-state index < -0.39 is 9.84 Å². The third-order valence-corrected chi connectivity index (χ3v) is 4.01. The maximum absolute atomic E-state index is 12.0. The Morgan fingerprint density at radius 2 is 1.94 bits per heavy atom. The molecule has 0 N–H and O–H groups in total. The van der Waals surface area contributed by atoms with Crippen molar-refractivity contribution in [3.63, 3.8) is 0 Å². The summed E-state index contributed by atoms with van der Waals surface area (Å²) in [5.74, 6) is 0.302. The van der Waals surface area contributed by atoms with E-state index in [0.29, 0.717) is 11.5 Å². The van der Waals surface area contributed by atoms with Gasteiger partial charge in [0.25, 0.3) is 0 Å². The van der Waals surface area contributed by atoms with Crippen molar-refractivity contribution in [3.05, 3.63) is 52.9 Å². The minimum Gasteiger partial charge on any atom is -0.360 e. The molecule has 0 aliphatic carbocycles. The van der Waals surface area contributed by atoms with Crippen LogP contribution in [0.5, 0.6) is 0 Å². The topological polar surface area (TPSA) is 60.2 Å². The molecule has 0 unspecified atom stereocenters. The molecule has 0 bridgehead atoms. The van der Waals surface area contributed by atoms with Crippen LogP contribution in [0.15, 0.2) is 34.9 Å². The SMILES string of the molecule is Cc1cccc(CS(=O)(=O)Cc2cc(C)no2)c1. The normalized spacial score (nSPS) is 11.7. The average Bonchev–Trinajstić information content (AvgIpc) is 2.62. The minimum atomic E-state index is -3.22. The molecule has 0 aliphatic heterocycles. The lowest BCUT2D eigenvalue weighted by atomic mass is 10.2. The quantitative estimate of drug-likeness (QED) is 0.851. The fourth-order valence-electron chi connectivity index (χ4n) is 1.81. The fourth-order valence-corrected chi connectivity index (χ4v) is 3.17. The molecule has 18 heavy (non-hydrogen) atoms. The standard InChI is InChI=1S/C13H15NO3S/c1-10-4-3-5-12(6-10)8-18(15,16)9-13-7-11(2)14-17-13/h3-7H,8-9H2,1-2H3. The molecule has 1 aromatic carbocycles. The van der Waals surface area contributed by atoms with Crippen molar-refractivity contribution in [1.82, 2.24) is 5.16 Å². The van der Waals surface area contributed by atoms with Gasteiger partial charge in [-0.25, -0.2) is 8.42 Å². The molecule has 5 heteroatoms. The predicted molar refractivity (Wildman–Crippen MR) is 68.7 cm³/mol. The molecule has 1 aromatic heterocycles. The van der Waals surface area contributed by atoms with E-state index in [9.17, 15) is 8.42 Å². The summed E-state index contributed by atoms with van der Waals surface area (Å²) in [6.45, 7) is 3.70. The van der Waals surface area contributed by atoms with Crippen LogP contribution in [0.2, 0.25) is 0 Å². The van der Waals surface area contributed by atoms with Crippen LogP contribution in [0.4, 0.5) is 0 Å². The van der Waals surface area contributed by atoms with E-state index in [1.165, 1.54) is 0 Å².